The summed E-state index contributed by atoms with van der Waals surface area (Å²) in [4.78, 5) is 4.21. The molecule has 55 heavy (non-hydrogen) atoms. The van der Waals surface area contributed by atoms with E-state index < -0.39 is 26.2 Å². The van der Waals surface area contributed by atoms with E-state index in [2.05, 4.69) is 68.7 Å². The van der Waals surface area contributed by atoms with Crippen LogP contribution in [-0.4, -0.2) is 39.0 Å². The highest BCUT2D eigenvalue weighted by atomic mass is 32.2. The minimum atomic E-state index is -4.56. The molecular formula is C45H54N2O6S2. The number of hydrogen-bond acceptors (Lipinski definition) is 6. The van der Waals surface area contributed by atoms with Crippen molar-refractivity contribution in [1.29, 1.82) is 0 Å². The molecule has 0 saturated heterocycles. The van der Waals surface area contributed by atoms with Gasteiger partial charge in [-0.3, -0.25) is 9.11 Å². The van der Waals surface area contributed by atoms with Crippen molar-refractivity contribution in [2.75, 3.05) is 22.9 Å². The van der Waals surface area contributed by atoms with Gasteiger partial charge in [-0.05, 0) is 129 Å². The number of benzene rings is 5. The van der Waals surface area contributed by atoms with Gasteiger partial charge < -0.3 is 9.80 Å². The van der Waals surface area contributed by atoms with Crippen molar-refractivity contribution in [2.45, 2.75) is 96.8 Å². The van der Waals surface area contributed by atoms with Gasteiger partial charge in [0.2, 0.25) is 0 Å². The monoisotopic (exact) mass is 782 g/mol. The number of rotatable bonds is 15. The molecule has 0 saturated carbocycles. The lowest BCUT2D eigenvalue weighted by Crippen LogP contribution is -2.22. The summed E-state index contributed by atoms with van der Waals surface area (Å²) in [6.45, 7) is 17.5. The van der Waals surface area contributed by atoms with E-state index in [1.807, 2.05) is 43.3 Å². The third-order valence-corrected chi connectivity index (χ3v) is 12.4. The van der Waals surface area contributed by atoms with Crippen molar-refractivity contribution in [3.8, 4) is 0 Å². The second-order valence-corrected chi connectivity index (χ2v) is 17.4. The molecule has 0 aromatic heterocycles. The Morgan fingerprint density at radius 2 is 1.02 bits per heavy atom. The summed E-state index contributed by atoms with van der Waals surface area (Å²) in [5.74, 6) is -0.550. The lowest BCUT2D eigenvalue weighted by molar-refractivity contribution is 0.479. The molecule has 0 amide bonds. The van der Waals surface area contributed by atoms with Crippen LogP contribution < -0.4 is 9.80 Å². The summed E-state index contributed by atoms with van der Waals surface area (Å²) in [7, 11) is -9.03. The van der Waals surface area contributed by atoms with Crippen LogP contribution >= 0.6 is 0 Å². The zero-order chi connectivity index (χ0) is 40.2. The SMILES string of the molecule is CCCCN(c1ccc(C(c2ccc(N(CCCC)c3c(C)cc(C)c(S(=O)(=O)O)c3C)cc2)c2ccccc2S(=O)(=O)O)cc1)c1c(C)cc(C)cc1C. The lowest BCUT2D eigenvalue weighted by atomic mass is 9.85. The zero-order valence-corrected chi connectivity index (χ0v) is 34.9. The van der Waals surface area contributed by atoms with Gasteiger partial charge in [0.1, 0.15) is 4.90 Å². The first-order valence-electron chi connectivity index (χ1n) is 18.9. The van der Waals surface area contributed by atoms with Gasteiger partial charge >= 0.3 is 0 Å². The fraction of sp³-hybridized carbons (Fsp3) is 0.333. The van der Waals surface area contributed by atoms with Gasteiger partial charge in [0.15, 0.2) is 0 Å². The van der Waals surface area contributed by atoms with Gasteiger partial charge in [-0.2, -0.15) is 16.8 Å². The third-order valence-electron chi connectivity index (χ3n) is 10.3. The highest BCUT2D eigenvalue weighted by Crippen LogP contribution is 2.41. The molecule has 5 aromatic carbocycles. The molecule has 5 rings (SSSR count). The van der Waals surface area contributed by atoms with Crippen LogP contribution in [-0.2, 0) is 20.2 Å². The molecule has 8 nitrogen and oxygen atoms in total. The third kappa shape index (κ3) is 9.15. The molecule has 10 heteroatoms. The number of aryl methyl sites for hydroxylation is 5. The second kappa shape index (κ2) is 17.1. The minimum absolute atomic E-state index is 0.0856. The van der Waals surface area contributed by atoms with Crippen LogP contribution in [0.4, 0.5) is 22.7 Å². The summed E-state index contributed by atoms with van der Waals surface area (Å²) >= 11 is 0. The van der Waals surface area contributed by atoms with Crippen molar-refractivity contribution in [3.63, 3.8) is 0 Å². The maximum atomic E-state index is 12.8. The van der Waals surface area contributed by atoms with E-state index >= 15 is 0 Å². The first kappa shape index (κ1) is 41.7. The molecule has 0 aliphatic carbocycles. The topological polar surface area (TPSA) is 115 Å². The van der Waals surface area contributed by atoms with Gasteiger partial charge in [-0.25, -0.2) is 0 Å². The van der Waals surface area contributed by atoms with Crippen LogP contribution in [0.25, 0.3) is 0 Å². The Labute approximate surface area is 328 Å². The Balaban J connectivity index is 1.65. The molecule has 0 heterocycles. The molecule has 1 unspecified atom stereocenters. The lowest BCUT2D eigenvalue weighted by Gasteiger charge is -2.30. The van der Waals surface area contributed by atoms with Gasteiger partial charge in [0, 0.05) is 41.8 Å². The first-order valence-corrected chi connectivity index (χ1v) is 21.8. The fourth-order valence-corrected chi connectivity index (χ4v) is 9.82. The average molecular weight is 783 g/mol. The molecule has 0 aliphatic heterocycles. The van der Waals surface area contributed by atoms with Crippen molar-refractivity contribution in [2.24, 2.45) is 0 Å². The van der Waals surface area contributed by atoms with Crippen molar-refractivity contribution < 1.29 is 25.9 Å². The first-order chi connectivity index (χ1) is 26.0. The van der Waals surface area contributed by atoms with Crippen LogP contribution in [0.3, 0.4) is 0 Å². The van der Waals surface area contributed by atoms with E-state index in [1.165, 1.54) is 28.4 Å². The maximum absolute atomic E-state index is 12.8. The predicted molar refractivity (Wildman–Crippen MR) is 225 cm³/mol. The number of hydrogen-bond donors (Lipinski definition) is 2. The molecule has 5 aromatic rings. The number of unbranched alkanes of at least 4 members (excludes halogenated alkanes) is 2. The van der Waals surface area contributed by atoms with Gasteiger partial charge in [-0.1, -0.05) is 92.9 Å². The number of anilines is 4. The minimum Gasteiger partial charge on any atom is -0.341 e. The van der Waals surface area contributed by atoms with E-state index in [-0.39, 0.29) is 9.79 Å². The quantitative estimate of drug-likeness (QED) is 0.0797. The van der Waals surface area contributed by atoms with Crippen molar-refractivity contribution in [3.05, 3.63) is 141 Å². The molecule has 0 radical (unpaired) electrons. The zero-order valence-electron chi connectivity index (χ0n) is 33.2. The molecule has 0 fully saturated rings. The molecule has 0 spiro atoms. The standard InChI is InChI=1S/C45H54N2O6S2/c1-9-11-25-46(43-31(4)27-30(3)28-32(43)5)38-21-17-36(18-22-38)42(40-15-13-14-16-41(40)54(48,49)50)37-19-23-39(24-20-37)47(26-12-10-2)44-33(6)29-34(7)45(35(44)8)55(51,52)53/h13-24,27-29,42H,9-12,25-26H2,1-8H3,(H,48,49,50)(H,51,52,53). The largest absolute Gasteiger partial charge is 0.341 e. The van der Waals surface area contributed by atoms with Crippen molar-refractivity contribution >= 4 is 43.0 Å². The summed E-state index contributed by atoms with van der Waals surface area (Å²) < 4.78 is 71.1. The fourth-order valence-electron chi connectivity index (χ4n) is 8.14. The Bertz CT molecular complexity index is 2350. The van der Waals surface area contributed by atoms with Crippen LogP contribution in [0, 0.1) is 41.5 Å². The maximum Gasteiger partial charge on any atom is 0.295 e. The summed E-state index contributed by atoms with van der Waals surface area (Å²) in [5, 5.41) is 0. The van der Waals surface area contributed by atoms with Crippen molar-refractivity contribution in [1.82, 2.24) is 0 Å². The van der Waals surface area contributed by atoms with Crippen LogP contribution in [0.1, 0.15) is 95.5 Å². The van der Waals surface area contributed by atoms with E-state index in [1.54, 1.807) is 38.1 Å². The van der Waals surface area contributed by atoms with Gasteiger partial charge in [0.25, 0.3) is 20.2 Å². The Kier molecular flexibility index (Phi) is 13.0. The molecular weight excluding hydrogens is 729 g/mol. The molecule has 292 valence electrons. The normalized spacial score (nSPS) is 12.5. The van der Waals surface area contributed by atoms with Crippen LogP contribution in [0.15, 0.2) is 101 Å². The van der Waals surface area contributed by atoms with E-state index in [0.717, 1.165) is 66.0 Å². The van der Waals surface area contributed by atoms with Crippen LogP contribution in [0.2, 0.25) is 0 Å². The molecule has 0 bridgehead atoms. The van der Waals surface area contributed by atoms with E-state index in [9.17, 15) is 25.9 Å². The van der Waals surface area contributed by atoms with E-state index in [4.69, 9.17) is 0 Å². The summed E-state index contributed by atoms with van der Waals surface area (Å²) in [5.41, 5.74) is 11.3. The molecule has 2 N–H and O–H groups in total. The van der Waals surface area contributed by atoms with E-state index in [0.29, 0.717) is 23.2 Å². The number of nitrogens with zero attached hydrogens (tertiary/aromatic N) is 2. The Hall–Kier alpha value is -4.48. The van der Waals surface area contributed by atoms with Gasteiger partial charge in [-0.15, -0.1) is 0 Å². The molecule has 1 atom stereocenters. The van der Waals surface area contributed by atoms with Gasteiger partial charge in [0.05, 0.1) is 4.90 Å². The smallest absolute Gasteiger partial charge is 0.295 e. The Morgan fingerprint density at radius 3 is 1.47 bits per heavy atom. The highest BCUT2D eigenvalue weighted by Gasteiger charge is 2.27. The average Bonchev–Trinajstić information content (AvgIpc) is 3.10. The predicted octanol–water partition coefficient (Wildman–Crippen LogP) is 11.1. The highest BCUT2D eigenvalue weighted by molar-refractivity contribution is 7.86. The molecule has 0 aliphatic rings. The second-order valence-electron chi connectivity index (χ2n) is 14.7. The summed E-state index contributed by atoms with van der Waals surface area (Å²) in [6.07, 6.45) is 3.80. The summed E-state index contributed by atoms with van der Waals surface area (Å²) in [6, 6.07) is 28.8. The van der Waals surface area contributed by atoms with Crippen LogP contribution in [0.5, 0.6) is 0 Å². The Morgan fingerprint density at radius 1 is 0.564 bits per heavy atom.